The molecule has 0 unspecified atom stereocenters. The molecule has 0 saturated carbocycles. The zero-order valence-corrected chi connectivity index (χ0v) is 12.2. The Labute approximate surface area is 107 Å². The van der Waals surface area contributed by atoms with E-state index in [1.165, 1.54) is 0 Å². The minimum atomic E-state index is 0.652. The number of halogens is 1. The molecule has 0 aliphatic rings. The number of hydrogen-bond acceptors (Lipinski definition) is 2. The fraction of sp³-hybridized carbons (Fsp3) is 0.615. The van der Waals surface area contributed by atoms with Crippen LogP contribution in [-0.4, -0.2) is 18.1 Å². The molecule has 0 bridgehead atoms. The lowest BCUT2D eigenvalue weighted by molar-refractivity contribution is 0.548. The van der Waals surface area contributed by atoms with E-state index in [0.29, 0.717) is 11.8 Å². The monoisotopic (exact) mass is 284 g/mol. The summed E-state index contributed by atoms with van der Waals surface area (Å²) in [6.45, 7) is 11.1. The summed E-state index contributed by atoms with van der Waals surface area (Å²) in [7, 11) is 0. The third-order valence-corrected chi connectivity index (χ3v) is 2.64. The Balaban J connectivity index is 2.82. The molecule has 0 saturated heterocycles. The molecule has 0 spiro atoms. The lowest BCUT2D eigenvalue weighted by atomic mass is 10.1. The second-order valence-corrected chi connectivity index (χ2v) is 5.82. The van der Waals surface area contributed by atoms with Crippen LogP contribution < -0.4 is 4.90 Å². The van der Waals surface area contributed by atoms with Gasteiger partial charge in [0.1, 0.15) is 10.4 Å². The van der Waals surface area contributed by atoms with Crippen molar-refractivity contribution >= 4 is 21.7 Å². The molecule has 2 nitrogen and oxygen atoms in total. The van der Waals surface area contributed by atoms with Crippen LogP contribution in [0.4, 0.5) is 5.82 Å². The summed E-state index contributed by atoms with van der Waals surface area (Å²) >= 11 is 3.43. The Bertz CT molecular complexity index is 313. The summed E-state index contributed by atoms with van der Waals surface area (Å²) in [4.78, 5) is 6.88. The maximum atomic E-state index is 4.52. The van der Waals surface area contributed by atoms with Gasteiger partial charge in [-0.3, -0.25) is 0 Å². The standard InChI is InChI=1S/C13H21BrN2/c1-10(2)8-16(9-11(3)4)13-7-5-6-12(14)15-13/h5-7,10-11H,8-9H2,1-4H3. The van der Waals surface area contributed by atoms with Gasteiger partial charge < -0.3 is 4.90 Å². The van der Waals surface area contributed by atoms with Gasteiger partial charge in [0.05, 0.1) is 0 Å². The Morgan fingerprint density at radius 2 is 1.69 bits per heavy atom. The molecule has 1 heterocycles. The van der Waals surface area contributed by atoms with Crippen LogP contribution in [0.3, 0.4) is 0 Å². The second kappa shape index (κ2) is 6.24. The summed E-state index contributed by atoms with van der Waals surface area (Å²) in [5.41, 5.74) is 0. The normalized spacial score (nSPS) is 11.2. The van der Waals surface area contributed by atoms with E-state index in [4.69, 9.17) is 0 Å². The highest BCUT2D eigenvalue weighted by molar-refractivity contribution is 9.10. The number of rotatable bonds is 5. The fourth-order valence-corrected chi connectivity index (χ4v) is 2.05. The minimum absolute atomic E-state index is 0.652. The molecule has 3 heteroatoms. The van der Waals surface area contributed by atoms with Crippen molar-refractivity contribution in [3.63, 3.8) is 0 Å². The highest BCUT2D eigenvalue weighted by Gasteiger charge is 2.11. The number of nitrogens with zero attached hydrogens (tertiary/aromatic N) is 2. The van der Waals surface area contributed by atoms with E-state index in [1.54, 1.807) is 0 Å². The van der Waals surface area contributed by atoms with Gasteiger partial charge in [-0.2, -0.15) is 0 Å². The largest absolute Gasteiger partial charge is 0.356 e. The quantitative estimate of drug-likeness (QED) is 0.761. The van der Waals surface area contributed by atoms with Crippen molar-refractivity contribution in [3.8, 4) is 0 Å². The molecule has 0 fully saturated rings. The minimum Gasteiger partial charge on any atom is -0.356 e. The van der Waals surface area contributed by atoms with Gasteiger partial charge in [0, 0.05) is 13.1 Å². The molecular weight excluding hydrogens is 264 g/mol. The molecule has 0 aliphatic carbocycles. The van der Waals surface area contributed by atoms with Gasteiger partial charge in [-0.25, -0.2) is 4.98 Å². The predicted molar refractivity (Wildman–Crippen MR) is 73.8 cm³/mol. The lowest BCUT2D eigenvalue weighted by Crippen LogP contribution is -2.31. The van der Waals surface area contributed by atoms with E-state index in [1.807, 2.05) is 12.1 Å². The van der Waals surface area contributed by atoms with Gasteiger partial charge in [0.25, 0.3) is 0 Å². The highest BCUT2D eigenvalue weighted by Crippen LogP contribution is 2.17. The molecule has 1 rings (SSSR count). The van der Waals surface area contributed by atoms with Crippen LogP contribution in [0.25, 0.3) is 0 Å². The predicted octanol–water partition coefficient (Wildman–Crippen LogP) is 3.96. The van der Waals surface area contributed by atoms with Crippen molar-refractivity contribution in [3.05, 3.63) is 22.8 Å². The van der Waals surface area contributed by atoms with E-state index in [2.05, 4.69) is 59.6 Å². The number of hydrogen-bond donors (Lipinski definition) is 0. The van der Waals surface area contributed by atoms with Gasteiger partial charge >= 0.3 is 0 Å². The molecule has 16 heavy (non-hydrogen) atoms. The molecule has 1 aromatic heterocycles. The Hall–Kier alpha value is -0.570. The summed E-state index contributed by atoms with van der Waals surface area (Å²) < 4.78 is 0.905. The maximum absolute atomic E-state index is 4.52. The molecule has 0 N–H and O–H groups in total. The molecule has 0 aliphatic heterocycles. The maximum Gasteiger partial charge on any atom is 0.129 e. The summed E-state index contributed by atoms with van der Waals surface area (Å²) in [5.74, 6) is 2.37. The van der Waals surface area contributed by atoms with Crippen LogP contribution in [0.1, 0.15) is 27.7 Å². The number of anilines is 1. The molecule has 0 amide bonds. The van der Waals surface area contributed by atoms with Crippen LogP contribution >= 0.6 is 15.9 Å². The third-order valence-electron chi connectivity index (χ3n) is 2.20. The SMILES string of the molecule is CC(C)CN(CC(C)C)c1cccc(Br)n1. The van der Waals surface area contributed by atoms with Crippen molar-refractivity contribution < 1.29 is 0 Å². The van der Waals surface area contributed by atoms with Gasteiger partial charge in [-0.1, -0.05) is 33.8 Å². The molecule has 0 aromatic carbocycles. The topological polar surface area (TPSA) is 16.1 Å². The number of pyridine rings is 1. The first-order valence-corrected chi connectivity index (χ1v) is 6.66. The van der Waals surface area contributed by atoms with Gasteiger partial charge in [-0.05, 0) is 39.9 Å². The van der Waals surface area contributed by atoms with Crippen molar-refractivity contribution in [2.45, 2.75) is 27.7 Å². The summed E-state index contributed by atoms with van der Waals surface area (Å²) in [6.07, 6.45) is 0. The van der Waals surface area contributed by atoms with Gasteiger partial charge in [0.15, 0.2) is 0 Å². The van der Waals surface area contributed by atoms with E-state index in [0.717, 1.165) is 23.5 Å². The molecule has 0 atom stereocenters. The molecular formula is C13H21BrN2. The Kier molecular flexibility index (Phi) is 5.26. The fourth-order valence-electron chi connectivity index (χ4n) is 1.72. The average Bonchev–Trinajstić information content (AvgIpc) is 2.15. The van der Waals surface area contributed by atoms with Gasteiger partial charge in [0.2, 0.25) is 0 Å². The van der Waals surface area contributed by atoms with Crippen molar-refractivity contribution in [1.29, 1.82) is 0 Å². The van der Waals surface area contributed by atoms with E-state index >= 15 is 0 Å². The van der Waals surface area contributed by atoms with Crippen LogP contribution in [0, 0.1) is 11.8 Å². The zero-order chi connectivity index (χ0) is 12.1. The zero-order valence-electron chi connectivity index (χ0n) is 10.6. The molecule has 0 radical (unpaired) electrons. The van der Waals surface area contributed by atoms with Crippen LogP contribution in [0.5, 0.6) is 0 Å². The van der Waals surface area contributed by atoms with E-state index in [-0.39, 0.29) is 0 Å². The summed E-state index contributed by atoms with van der Waals surface area (Å²) in [5, 5.41) is 0. The summed E-state index contributed by atoms with van der Waals surface area (Å²) in [6, 6.07) is 6.09. The van der Waals surface area contributed by atoms with Crippen molar-refractivity contribution in [2.24, 2.45) is 11.8 Å². The van der Waals surface area contributed by atoms with Gasteiger partial charge in [-0.15, -0.1) is 0 Å². The molecule has 1 aromatic rings. The molecule has 90 valence electrons. The number of aromatic nitrogens is 1. The average molecular weight is 285 g/mol. The lowest BCUT2D eigenvalue weighted by Gasteiger charge is -2.27. The first-order valence-electron chi connectivity index (χ1n) is 5.86. The Morgan fingerprint density at radius 3 is 2.12 bits per heavy atom. The van der Waals surface area contributed by atoms with Crippen LogP contribution in [0.2, 0.25) is 0 Å². The first kappa shape index (κ1) is 13.5. The van der Waals surface area contributed by atoms with Crippen LogP contribution in [0.15, 0.2) is 22.8 Å². The first-order chi connectivity index (χ1) is 7.49. The third kappa shape index (κ3) is 4.52. The Morgan fingerprint density at radius 1 is 1.12 bits per heavy atom. The highest BCUT2D eigenvalue weighted by atomic mass is 79.9. The van der Waals surface area contributed by atoms with E-state index < -0.39 is 0 Å². The van der Waals surface area contributed by atoms with E-state index in [9.17, 15) is 0 Å². The smallest absolute Gasteiger partial charge is 0.129 e. The van der Waals surface area contributed by atoms with Crippen molar-refractivity contribution in [1.82, 2.24) is 4.98 Å². The van der Waals surface area contributed by atoms with Crippen molar-refractivity contribution in [2.75, 3.05) is 18.0 Å². The second-order valence-electron chi connectivity index (χ2n) is 5.01. The van der Waals surface area contributed by atoms with Crippen LogP contribution in [-0.2, 0) is 0 Å².